The predicted molar refractivity (Wildman–Crippen MR) is 127 cm³/mol. The molecule has 1 amide bonds. The molecule has 0 atom stereocenters. The summed E-state index contributed by atoms with van der Waals surface area (Å²) >= 11 is 10.9. The van der Waals surface area contributed by atoms with Crippen LogP contribution in [-0.2, 0) is 6.54 Å². The Hall–Kier alpha value is -1.88. The fourth-order valence-corrected chi connectivity index (χ4v) is 5.29. The number of halogens is 2. The first-order chi connectivity index (χ1) is 15.3. The Bertz CT molecular complexity index is 1090. The number of carbonyl (C=O) groups is 1. The van der Waals surface area contributed by atoms with Crippen molar-refractivity contribution in [2.24, 2.45) is 0 Å². The summed E-state index contributed by atoms with van der Waals surface area (Å²) in [5.74, 6) is 1.01. The number of rotatable bonds is 6. The second-order valence-corrected chi connectivity index (χ2v) is 10.5. The highest BCUT2D eigenvalue weighted by Gasteiger charge is 2.24. The lowest BCUT2D eigenvalue weighted by atomic mass is 10.0. The topological polar surface area (TPSA) is 85.4 Å². The van der Waals surface area contributed by atoms with Crippen molar-refractivity contribution in [3.05, 3.63) is 38.7 Å². The Balaban J connectivity index is 1.41. The molecule has 0 bridgehead atoms. The number of thiophene rings is 1. The number of aryl methyl sites for hydroxylation is 1. The van der Waals surface area contributed by atoms with Crippen LogP contribution in [-0.4, -0.2) is 50.9 Å². The lowest BCUT2D eigenvalue weighted by Gasteiger charge is -2.34. The van der Waals surface area contributed by atoms with E-state index in [1.807, 2.05) is 18.2 Å². The van der Waals surface area contributed by atoms with Crippen LogP contribution in [0.3, 0.4) is 0 Å². The molecule has 4 heterocycles. The van der Waals surface area contributed by atoms with Gasteiger partial charge in [0.1, 0.15) is 11.4 Å². The molecule has 172 valence electrons. The minimum Gasteiger partial charge on any atom is -0.391 e. The van der Waals surface area contributed by atoms with Gasteiger partial charge in [-0.1, -0.05) is 16.8 Å². The second kappa shape index (κ2) is 9.94. The standard InChI is InChI=1S/C21H25BrClN5O3S/c1-12(2)27-8-6-14(7-9-27)25-21(29)30-19-13(3)24-20(22)28(19)11-15-10-16(31-26-15)17-4-5-18(23)32-17/h4-5,10,12,14H,6-9,11H2,1-3H3,(H,25,29). The van der Waals surface area contributed by atoms with Gasteiger partial charge in [-0.15, -0.1) is 11.3 Å². The molecule has 0 aromatic carbocycles. The Morgan fingerprint density at radius 2 is 2.16 bits per heavy atom. The van der Waals surface area contributed by atoms with Gasteiger partial charge in [-0.2, -0.15) is 0 Å². The quantitative estimate of drug-likeness (QED) is 0.453. The van der Waals surface area contributed by atoms with E-state index in [4.69, 9.17) is 20.9 Å². The van der Waals surface area contributed by atoms with E-state index in [1.165, 1.54) is 11.3 Å². The molecule has 1 saturated heterocycles. The molecule has 0 saturated carbocycles. The highest BCUT2D eigenvalue weighted by atomic mass is 79.9. The number of amides is 1. The van der Waals surface area contributed by atoms with Crippen LogP contribution in [0.5, 0.6) is 5.88 Å². The fourth-order valence-electron chi connectivity index (χ4n) is 3.75. The number of likely N-dealkylation sites (tertiary alicyclic amines) is 1. The molecule has 0 aliphatic carbocycles. The third-order valence-corrected chi connectivity index (χ3v) is 7.35. The number of carbonyl (C=O) groups excluding carboxylic acids is 1. The maximum absolute atomic E-state index is 12.6. The number of hydrogen-bond donors (Lipinski definition) is 1. The largest absolute Gasteiger partial charge is 0.414 e. The molecule has 1 fully saturated rings. The molecule has 3 aromatic rings. The normalized spacial score (nSPS) is 15.4. The summed E-state index contributed by atoms with van der Waals surface area (Å²) in [5, 5.41) is 7.13. The number of ether oxygens (including phenoxy) is 1. The van der Waals surface area contributed by atoms with Gasteiger partial charge in [-0.05, 0) is 61.7 Å². The van der Waals surface area contributed by atoms with E-state index >= 15 is 0 Å². The maximum Gasteiger partial charge on any atom is 0.414 e. The molecule has 8 nitrogen and oxygen atoms in total. The van der Waals surface area contributed by atoms with Crippen molar-refractivity contribution in [1.82, 2.24) is 24.9 Å². The molecule has 32 heavy (non-hydrogen) atoms. The Morgan fingerprint density at radius 3 is 2.81 bits per heavy atom. The molecular formula is C21H25BrClN5O3S. The third kappa shape index (κ3) is 5.36. The minimum absolute atomic E-state index is 0.105. The second-order valence-electron chi connectivity index (χ2n) is 8.08. The van der Waals surface area contributed by atoms with Gasteiger partial charge in [0.05, 0.1) is 15.8 Å². The molecule has 11 heteroatoms. The number of imidazole rings is 1. The van der Waals surface area contributed by atoms with Crippen LogP contribution >= 0.6 is 38.9 Å². The van der Waals surface area contributed by atoms with Crippen molar-refractivity contribution < 1.29 is 14.1 Å². The molecule has 4 rings (SSSR count). The van der Waals surface area contributed by atoms with Crippen molar-refractivity contribution in [2.45, 2.75) is 52.2 Å². The minimum atomic E-state index is -0.473. The summed E-state index contributed by atoms with van der Waals surface area (Å²) < 4.78 is 14.1. The van der Waals surface area contributed by atoms with Crippen molar-refractivity contribution in [2.75, 3.05) is 13.1 Å². The number of nitrogens with one attached hydrogen (secondary N) is 1. The highest BCUT2D eigenvalue weighted by Crippen LogP contribution is 2.32. The zero-order chi connectivity index (χ0) is 22.8. The van der Waals surface area contributed by atoms with Crippen LogP contribution in [0.2, 0.25) is 4.34 Å². The maximum atomic E-state index is 12.6. The van der Waals surface area contributed by atoms with Crippen molar-refractivity contribution in [3.63, 3.8) is 0 Å². The lowest BCUT2D eigenvalue weighted by molar-refractivity contribution is 0.151. The number of aromatic nitrogens is 3. The van der Waals surface area contributed by atoms with Gasteiger partial charge in [0.2, 0.25) is 5.88 Å². The van der Waals surface area contributed by atoms with Gasteiger partial charge in [-0.25, -0.2) is 9.78 Å². The molecule has 1 aliphatic heterocycles. The monoisotopic (exact) mass is 541 g/mol. The molecule has 1 aliphatic rings. The molecule has 1 N–H and O–H groups in total. The van der Waals surface area contributed by atoms with Crippen molar-refractivity contribution in [1.29, 1.82) is 0 Å². The van der Waals surface area contributed by atoms with Crippen LogP contribution in [0, 0.1) is 6.92 Å². The summed E-state index contributed by atoms with van der Waals surface area (Å²) in [7, 11) is 0. The van der Waals surface area contributed by atoms with Crippen LogP contribution in [0.4, 0.5) is 4.79 Å². The summed E-state index contributed by atoms with van der Waals surface area (Å²) in [4.78, 5) is 20.3. The smallest absolute Gasteiger partial charge is 0.391 e. The van der Waals surface area contributed by atoms with E-state index in [0.717, 1.165) is 30.8 Å². The Labute approximate surface area is 204 Å². The molecule has 3 aromatic heterocycles. The third-order valence-electron chi connectivity index (χ3n) is 5.50. The van der Waals surface area contributed by atoms with Gasteiger partial charge in [0.15, 0.2) is 10.5 Å². The lowest BCUT2D eigenvalue weighted by Crippen LogP contribution is -2.47. The van der Waals surface area contributed by atoms with E-state index in [1.54, 1.807) is 11.5 Å². The summed E-state index contributed by atoms with van der Waals surface area (Å²) in [5.41, 5.74) is 1.28. The SMILES string of the molecule is Cc1nc(Br)n(Cc2cc(-c3ccc(Cl)s3)on2)c1OC(=O)NC1CCN(C(C)C)CC1. The highest BCUT2D eigenvalue weighted by molar-refractivity contribution is 9.10. The number of piperidine rings is 1. The van der Waals surface area contributed by atoms with Gasteiger partial charge in [0.25, 0.3) is 0 Å². The average molecular weight is 543 g/mol. The Kier molecular flexibility index (Phi) is 7.24. The van der Waals surface area contributed by atoms with Gasteiger partial charge in [-0.3, -0.25) is 4.57 Å². The summed E-state index contributed by atoms with van der Waals surface area (Å²) in [6.45, 7) is 8.45. The van der Waals surface area contributed by atoms with Crippen LogP contribution in [0.25, 0.3) is 10.6 Å². The van der Waals surface area contributed by atoms with E-state index in [9.17, 15) is 4.79 Å². The number of hydrogen-bond acceptors (Lipinski definition) is 7. The molecule has 0 unspecified atom stereocenters. The van der Waals surface area contributed by atoms with Gasteiger partial charge in [0, 0.05) is 31.2 Å². The van der Waals surface area contributed by atoms with Gasteiger partial charge < -0.3 is 19.5 Å². The van der Waals surface area contributed by atoms with Crippen LogP contribution < -0.4 is 10.1 Å². The van der Waals surface area contributed by atoms with E-state index in [0.29, 0.717) is 44.7 Å². The van der Waals surface area contributed by atoms with Crippen molar-refractivity contribution >= 4 is 45.0 Å². The van der Waals surface area contributed by atoms with E-state index in [2.05, 4.69) is 50.1 Å². The van der Waals surface area contributed by atoms with Gasteiger partial charge >= 0.3 is 6.09 Å². The first-order valence-corrected chi connectivity index (χ1v) is 12.4. The first-order valence-electron chi connectivity index (χ1n) is 10.5. The number of nitrogens with zero attached hydrogens (tertiary/aromatic N) is 4. The van der Waals surface area contributed by atoms with E-state index in [-0.39, 0.29) is 6.04 Å². The van der Waals surface area contributed by atoms with Crippen LogP contribution in [0.1, 0.15) is 38.1 Å². The molecule has 0 radical (unpaired) electrons. The van der Waals surface area contributed by atoms with Crippen molar-refractivity contribution in [3.8, 4) is 16.5 Å². The predicted octanol–water partition coefficient (Wildman–Crippen LogP) is 5.33. The first kappa shape index (κ1) is 23.3. The molecule has 0 spiro atoms. The zero-order valence-corrected chi connectivity index (χ0v) is 21.3. The van der Waals surface area contributed by atoms with Crippen LogP contribution in [0.15, 0.2) is 27.5 Å². The van der Waals surface area contributed by atoms with E-state index < -0.39 is 6.09 Å². The zero-order valence-electron chi connectivity index (χ0n) is 18.1. The summed E-state index contributed by atoms with van der Waals surface area (Å²) in [6.07, 6.45) is 1.34. The summed E-state index contributed by atoms with van der Waals surface area (Å²) in [6, 6.07) is 6.17. The fraction of sp³-hybridized carbons (Fsp3) is 0.476. The Morgan fingerprint density at radius 1 is 1.41 bits per heavy atom. The average Bonchev–Trinajstić information content (AvgIpc) is 3.44. The molecular weight excluding hydrogens is 518 g/mol.